The largest absolute Gasteiger partial charge is 0.493 e. The fraction of sp³-hybridized carbons (Fsp3) is 0.562. The summed E-state index contributed by atoms with van der Waals surface area (Å²) < 4.78 is 34.5. The summed E-state index contributed by atoms with van der Waals surface area (Å²) in [7, 11) is 1.42. The molecule has 136 valence electrons. The third-order valence-electron chi connectivity index (χ3n) is 3.60. The van der Waals surface area contributed by atoms with Crippen LogP contribution in [0.5, 0.6) is 11.5 Å². The van der Waals surface area contributed by atoms with Gasteiger partial charge in [-0.2, -0.15) is 8.78 Å². The Kier molecular flexibility index (Phi) is 9.09. The van der Waals surface area contributed by atoms with Crippen molar-refractivity contribution < 1.29 is 18.3 Å². The quantitative estimate of drug-likeness (QED) is 0.406. The molecule has 24 heavy (non-hydrogen) atoms. The fourth-order valence-corrected chi connectivity index (χ4v) is 2.53. The molecule has 0 unspecified atom stereocenters. The molecule has 5 nitrogen and oxygen atoms in total. The third kappa shape index (κ3) is 5.95. The van der Waals surface area contributed by atoms with Crippen LogP contribution in [0.1, 0.15) is 25.3 Å². The van der Waals surface area contributed by atoms with Crippen molar-refractivity contribution in [2.45, 2.75) is 32.9 Å². The maximum absolute atomic E-state index is 12.5. The molecule has 1 fully saturated rings. The first kappa shape index (κ1) is 20.7. The van der Waals surface area contributed by atoms with Crippen molar-refractivity contribution in [2.75, 3.05) is 26.7 Å². The van der Waals surface area contributed by atoms with Crippen molar-refractivity contribution in [1.82, 2.24) is 10.2 Å². The van der Waals surface area contributed by atoms with Gasteiger partial charge in [0.1, 0.15) is 0 Å². The van der Waals surface area contributed by atoms with E-state index >= 15 is 0 Å². The number of ether oxygens (including phenoxy) is 2. The number of rotatable bonds is 6. The highest BCUT2D eigenvalue weighted by Crippen LogP contribution is 2.29. The van der Waals surface area contributed by atoms with Gasteiger partial charge >= 0.3 is 6.61 Å². The minimum absolute atomic E-state index is 0. The van der Waals surface area contributed by atoms with E-state index in [1.54, 1.807) is 18.2 Å². The van der Waals surface area contributed by atoms with Crippen LogP contribution >= 0.6 is 24.0 Å². The number of alkyl halides is 2. The van der Waals surface area contributed by atoms with Crippen LogP contribution in [0.25, 0.3) is 0 Å². The van der Waals surface area contributed by atoms with E-state index in [0.717, 1.165) is 31.2 Å². The second kappa shape index (κ2) is 10.5. The molecule has 1 saturated heterocycles. The Morgan fingerprint density at radius 1 is 1.29 bits per heavy atom. The predicted octanol–water partition coefficient (Wildman–Crippen LogP) is 3.48. The molecular formula is C16H24F2IN3O2. The number of methoxy groups -OCH3 is 1. The summed E-state index contributed by atoms with van der Waals surface area (Å²) in [5.41, 5.74) is 0.788. The molecule has 1 aliphatic rings. The molecule has 0 aliphatic carbocycles. The second-order valence-electron chi connectivity index (χ2n) is 5.23. The normalized spacial score (nSPS) is 14.5. The minimum Gasteiger partial charge on any atom is -0.493 e. The standard InChI is InChI=1S/C16H23F2N3O2.HI/c1-3-19-16(21-8-4-5-9-21)20-11-12-6-7-13(22-2)14(10-12)23-15(17)18;/h6-7,10,15H,3-5,8-9,11H2,1-2H3,(H,19,20);1H. The summed E-state index contributed by atoms with van der Waals surface area (Å²) in [6.45, 7) is 2.31. The van der Waals surface area contributed by atoms with Crippen molar-refractivity contribution >= 4 is 29.9 Å². The molecule has 1 aromatic carbocycles. The van der Waals surface area contributed by atoms with Gasteiger partial charge in [-0.25, -0.2) is 4.99 Å². The smallest absolute Gasteiger partial charge is 0.387 e. The zero-order valence-electron chi connectivity index (χ0n) is 13.9. The molecule has 1 aromatic rings. The average Bonchev–Trinajstić information content (AvgIpc) is 3.05. The van der Waals surface area contributed by atoms with Gasteiger partial charge < -0.3 is 19.7 Å². The molecule has 0 saturated carbocycles. The first-order chi connectivity index (χ1) is 11.1. The average molecular weight is 455 g/mol. The van der Waals surface area contributed by atoms with Crippen LogP contribution in [0, 0.1) is 0 Å². The number of aliphatic imine (C=N–C) groups is 1. The maximum atomic E-state index is 12.5. The highest BCUT2D eigenvalue weighted by Gasteiger charge is 2.16. The lowest BCUT2D eigenvalue weighted by Crippen LogP contribution is -2.39. The Labute approximate surface area is 158 Å². The number of hydrogen-bond acceptors (Lipinski definition) is 3. The van der Waals surface area contributed by atoms with Crippen LogP contribution in [0.15, 0.2) is 23.2 Å². The Bertz CT molecular complexity index is 538. The van der Waals surface area contributed by atoms with Crippen molar-refractivity contribution in [3.63, 3.8) is 0 Å². The van der Waals surface area contributed by atoms with Crippen LogP contribution in [-0.4, -0.2) is 44.2 Å². The second-order valence-corrected chi connectivity index (χ2v) is 5.23. The third-order valence-corrected chi connectivity index (χ3v) is 3.60. The van der Waals surface area contributed by atoms with Crippen molar-refractivity contribution in [1.29, 1.82) is 0 Å². The van der Waals surface area contributed by atoms with Crippen LogP contribution in [0.3, 0.4) is 0 Å². The number of halogens is 3. The van der Waals surface area contributed by atoms with E-state index in [9.17, 15) is 8.78 Å². The van der Waals surface area contributed by atoms with E-state index in [2.05, 4.69) is 19.9 Å². The van der Waals surface area contributed by atoms with E-state index in [1.165, 1.54) is 20.0 Å². The molecule has 0 amide bonds. The Morgan fingerprint density at radius 2 is 2.00 bits per heavy atom. The van der Waals surface area contributed by atoms with E-state index in [4.69, 9.17) is 4.74 Å². The molecular weight excluding hydrogens is 431 g/mol. The van der Waals surface area contributed by atoms with Gasteiger partial charge in [0, 0.05) is 19.6 Å². The number of hydrogen-bond donors (Lipinski definition) is 1. The van der Waals surface area contributed by atoms with Crippen LogP contribution < -0.4 is 14.8 Å². The molecule has 1 N–H and O–H groups in total. The summed E-state index contributed by atoms with van der Waals surface area (Å²) in [4.78, 5) is 6.80. The number of nitrogens with one attached hydrogen (secondary N) is 1. The highest BCUT2D eigenvalue weighted by atomic mass is 127. The summed E-state index contributed by atoms with van der Waals surface area (Å²) in [6, 6.07) is 4.96. The monoisotopic (exact) mass is 455 g/mol. The van der Waals surface area contributed by atoms with Gasteiger partial charge in [-0.05, 0) is 37.5 Å². The minimum atomic E-state index is -2.88. The number of nitrogens with zero attached hydrogens (tertiary/aromatic N) is 2. The van der Waals surface area contributed by atoms with Crippen LogP contribution in [0.2, 0.25) is 0 Å². The van der Waals surface area contributed by atoms with Gasteiger partial charge in [0.05, 0.1) is 13.7 Å². The van der Waals surface area contributed by atoms with E-state index in [0.29, 0.717) is 6.54 Å². The zero-order chi connectivity index (χ0) is 16.7. The lowest BCUT2D eigenvalue weighted by atomic mass is 10.2. The molecule has 0 atom stereocenters. The van der Waals surface area contributed by atoms with Gasteiger partial charge in [-0.3, -0.25) is 0 Å². The van der Waals surface area contributed by atoms with E-state index in [1.807, 2.05) is 6.92 Å². The molecule has 0 radical (unpaired) electrons. The summed E-state index contributed by atoms with van der Waals surface area (Å²) in [6.07, 6.45) is 2.33. The van der Waals surface area contributed by atoms with Crippen LogP contribution in [0.4, 0.5) is 8.78 Å². The van der Waals surface area contributed by atoms with Crippen molar-refractivity contribution in [2.24, 2.45) is 4.99 Å². The molecule has 0 aromatic heterocycles. The Hall–Kier alpha value is -1.32. The Balaban J connectivity index is 0.00000288. The van der Waals surface area contributed by atoms with Gasteiger partial charge in [-0.15, -0.1) is 24.0 Å². The summed E-state index contributed by atoms with van der Waals surface area (Å²) in [5.74, 6) is 1.17. The number of benzene rings is 1. The summed E-state index contributed by atoms with van der Waals surface area (Å²) >= 11 is 0. The van der Waals surface area contributed by atoms with Gasteiger partial charge in [0.2, 0.25) is 0 Å². The van der Waals surface area contributed by atoms with Gasteiger partial charge in [-0.1, -0.05) is 6.07 Å². The van der Waals surface area contributed by atoms with E-state index in [-0.39, 0.29) is 35.5 Å². The molecule has 2 rings (SSSR count). The van der Waals surface area contributed by atoms with Crippen molar-refractivity contribution in [3.05, 3.63) is 23.8 Å². The van der Waals surface area contributed by atoms with E-state index < -0.39 is 6.61 Å². The lowest BCUT2D eigenvalue weighted by molar-refractivity contribution is -0.0512. The van der Waals surface area contributed by atoms with Gasteiger partial charge in [0.25, 0.3) is 0 Å². The van der Waals surface area contributed by atoms with Crippen LogP contribution in [-0.2, 0) is 6.54 Å². The molecule has 0 spiro atoms. The lowest BCUT2D eigenvalue weighted by Gasteiger charge is -2.20. The van der Waals surface area contributed by atoms with Gasteiger partial charge in [0.15, 0.2) is 17.5 Å². The summed E-state index contributed by atoms with van der Waals surface area (Å²) in [5, 5.41) is 3.26. The highest BCUT2D eigenvalue weighted by molar-refractivity contribution is 14.0. The molecule has 8 heteroatoms. The number of guanidine groups is 1. The predicted molar refractivity (Wildman–Crippen MR) is 101 cm³/mol. The first-order valence-electron chi connectivity index (χ1n) is 7.79. The number of likely N-dealkylation sites (tertiary alicyclic amines) is 1. The Morgan fingerprint density at radius 3 is 2.58 bits per heavy atom. The molecule has 0 bridgehead atoms. The SMILES string of the molecule is CCNC(=NCc1ccc(OC)c(OC(F)F)c1)N1CCCC1.I. The fourth-order valence-electron chi connectivity index (χ4n) is 2.53. The first-order valence-corrected chi connectivity index (χ1v) is 7.79. The molecule has 1 heterocycles. The topological polar surface area (TPSA) is 46.1 Å². The van der Waals surface area contributed by atoms with Crippen molar-refractivity contribution in [3.8, 4) is 11.5 Å². The molecule has 1 aliphatic heterocycles. The zero-order valence-corrected chi connectivity index (χ0v) is 16.3. The maximum Gasteiger partial charge on any atom is 0.387 e.